The number of nitrogens with one attached hydrogen (secondary N) is 1. The summed E-state index contributed by atoms with van der Waals surface area (Å²) in [5.74, 6) is 2.83. The molecule has 2 aromatic rings. The highest BCUT2D eigenvalue weighted by molar-refractivity contribution is 6.30. The zero-order valence-corrected chi connectivity index (χ0v) is 18.3. The average Bonchev–Trinajstić information content (AvgIpc) is 2.69. The quantitative estimate of drug-likeness (QED) is 0.645. The minimum atomic E-state index is -0.438. The molecule has 160 valence electrons. The molecule has 6 rings (SSSR count). The monoisotopic (exact) mass is 427 g/mol. The summed E-state index contributed by atoms with van der Waals surface area (Å²) in [5.41, 5.74) is 1.85. The van der Waals surface area contributed by atoms with Crippen LogP contribution < -0.4 is 14.8 Å². The van der Waals surface area contributed by atoms with Crippen molar-refractivity contribution in [2.75, 3.05) is 7.11 Å². The van der Waals surface area contributed by atoms with Crippen molar-refractivity contribution < 1.29 is 14.6 Å². The lowest BCUT2D eigenvalue weighted by molar-refractivity contribution is -0.142. The van der Waals surface area contributed by atoms with E-state index in [-0.39, 0.29) is 5.54 Å². The second-order valence-electron chi connectivity index (χ2n) is 9.72. The minimum Gasteiger partial charge on any atom is -0.493 e. The maximum atomic E-state index is 11.0. The summed E-state index contributed by atoms with van der Waals surface area (Å²) >= 11 is 6.06. The van der Waals surface area contributed by atoms with E-state index in [0.717, 1.165) is 42.9 Å². The smallest absolute Gasteiger partial charge is 0.161 e. The van der Waals surface area contributed by atoms with Crippen molar-refractivity contribution in [3.05, 3.63) is 58.6 Å². The van der Waals surface area contributed by atoms with E-state index in [1.807, 2.05) is 30.3 Å². The molecule has 0 aromatic heterocycles. The number of hydrogen-bond donors (Lipinski definition) is 2. The summed E-state index contributed by atoms with van der Waals surface area (Å²) in [6, 6.07) is 13.8. The van der Waals surface area contributed by atoms with Crippen LogP contribution in [0.3, 0.4) is 0 Å². The van der Waals surface area contributed by atoms with Crippen molar-refractivity contribution in [3.8, 4) is 11.5 Å². The highest BCUT2D eigenvalue weighted by Gasteiger charge is 2.56. The SMILES string of the molecule is COc1cc(CNC23CC4CC(CC(O)(C4)C2)C3)ccc1OCc1cccc(Cl)c1. The number of rotatable bonds is 7. The van der Waals surface area contributed by atoms with Gasteiger partial charge in [0.25, 0.3) is 0 Å². The first-order chi connectivity index (χ1) is 14.4. The molecule has 0 heterocycles. The van der Waals surface area contributed by atoms with E-state index in [9.17, 15) is 5.11 Å². The molecule has 4 aliphatic carbocycles. The summed E-state index contributed by atoms with van der Waals surface area (Å²) in [5, 5.41) is 15.5. The van der Waals surface area contributed by atoms with Crippen LogP contribution >= 0.6 is 11.6 Å². The number of halogens is 1. The van der Waals surface area contributed by atoms with Crippen molar-refractivity contribution in [1.82, 2.24) is 5.32 Å². The molecule has 0 aliphatic heterocycles. The summed E-state index contributed by atoms with van der Waals surface area (Å²) in [4.78, 5) is 0. The zero-order valence-electron chi connectivity index (χ0n) is 17.5. The predicted molar refractivity (Wildman–Crippen MR) is 118 cm³/mol. The van der Waals surface area contributed by atoms with Crippen LogP contribution in [0.2, 0.25) is 5.02 Å². The molecule has 4 fully saturated rings. The van der Waals surface area contributed by atoms with Gasteiger partial charge in [-0.05, 0) is 85.8 Å². The number of ether oxygens (including phenoxy) is 2. The van der Waals surface area contributed by atoms with Gasteiger partial charge in [0.15, 0.2) is 11.5 Å². The third-order valence-corrected chi connectivity index (χ3v) is 7.44. The number of hydrogen-bond acceptors (Lipinski definition) is 4. The van der Waals surface area contributed by atoms with Crippen LogP contribution in [-0.2, 0) is 13.2 Å². The molecule has 0 saturated heterocycles. The second kappa shape index (κ2) is 7.74. The summed E-state index contributed by atoms with van der Waals surface area (Å²) in [6.07, 6.45) is 6.59. The Morgan fingerprint density at radius 2 is 1.83 bits per heavy atom. The van der Waals surface area contributed by atoms with Gasteiger partial charge in [-0.1, -0.05) is 29.8 Å². The van der Waals surface area contributed by atoms with Gasteiger partial charge < -0.3 is 19.9 Å². The van der Waals surface area contributed by atoms with Gasteiger partial charge >= 0.3 is 0 Å². The van der Waals surface area contributed by atoms with Crippen molar-refractivity contribution in [2.24, 2.45) is 11.8 Å². The Hall–Kier alpha value is -1.75. The highest BCUT2D eigenvalue weighted by Crippen LogP contribution is 2.57. The fourth-order valence-electron chi connectivity index (χ4n) is 6.44. The first-order valence-corrected chi connectivity index (χ1v) is 11.3. The summed E-state index contributed by atoms with van der Waals surface area (Å²) in [6.45, 7) is 1.22. The maximum absolute atomic E-state index is 11.0. The van der Waals surface area contributed by atoms with Gasteiger partial charge in [-0.3, -0.25) is 0 Å². The summed E-state index contributed by atoms with van der Waals surface area (Å²) < 4.78 is 11.6. The summed E-state index contributed by atoms with van der Waals surface area (Å²) in [7, 11) is 1.67. The van der Waals surface area contributed by atoms with Crippen LogP contribution in [0.25, 0.3) is 0 Å². The van der Waals surface area contributed by atoms with Crippen LogP contribution in [0.5, 0.6) is 11.5 Å². The molecule has 2 atom stereocenters. The van der Waals surface area contributed by atoms with Crippen LogP contribution in [0, 0.1) is 11.8 Å². The lowest BCUT2D eigenvalue weighted by Crippen LogP contribution is -2.64. The van der Waals surface area contributed by atoms with Gasteiger partial charge in [0, 0.05) is 17.1 Å². The molecule has 0 amide bonds. The zero-order chi connectivity index (χ0) is 20.8. The van der Waals surface area contributed by atoms with Gasteiger partial charge in [-0.15, -0.1) is 0 Å². The van der Waals surface area contributed by atoms with Crippen LogP contribution in [0.15, 0.2) is 42.5 Å². The lowest BCUT2D eigenvalue weighted by atomic mass is 9.51. The Bertz CT molecular complexity index is 916. The van der Waals surface area contributed by atoms with E-state index >= 15 is 0 Å². The molecular formula is C25H30ClNO3. The standard InChI is InChI=1S/C25H30ClNO3/c1-29-23-9-17(5-6-22(23)30-15-18-3-2-4-21(26)8-18)14-27-24-10-19-7-20(11-24)13-25(28,12-19)16-24/h2-6,8-9,19-20,27-28H,7,10-16H2,1H3. The van der Waals surface area contributed by atoms with Crippen molar-refractivity contribution in [2.45, 2.75) is 62.8 Å². The number of methoxy groups -OCH3 is 1. The van der Waals surface area contributed by atoms with Gasteiger partial charge in [0.05, 0.1) is 12.7 Å². The molecule has 2 unspecified atom stereocenters. The van der Waals surface area contributed by atoms with Crippen LogP contribution in [0.4, 0.5) is 0 Å². The van der Waals surface area contributed by atoms with Crippen LogP contribution in [0.1, 0.15) is 49.7 Å². The van der Waals surface area contributed by atoms with E-state index in [2.05, 4.69) is 17.4 Å². The van der Waals surface area contributed by atoms with Gasteiger partial charge in [0.1, 0.15) is 6.61 Å². The van der Waals surface area contributed by atoms with Gasteiger partial charge in [-0.25, -0.2) is 0 Å². The molecule has 4 bridgehead atoms. The molecule has 4 saturated carbocycles. The largest absolute Gasteiger partial charge is 0.493 e. The number of benzene rings is 2. The Labute approximate surface area is 183 Å². The Morgan fingerprint density at radius 1 is 1.03 bits per heavy atom. The Morgan fingerprint density at radius 3 is 2.53 bits per heavy atom. The molecular weight excluding hydrogens is 398 g/mol. The molecule has 2 N–H and O–H groups in total. The average molecular weight is 428 g/mol. The molecule has 5 heteroatoms. The van der Waals surface area contributed by atoms with Crippen molar-refractivity contribution >= 4 is 11.6 Å². The van der Waals surface area contributed by atoms with Crippen molar-refractivity contribution in [1.29, 1.82) is 0 Å². The third kappa shape index (κ3) is 4.05. The lowest BCUT2D eigenvalue weighted by Gasteiger charge is -2.60. The van der Waals surface area contributed by atoms with Crippen LogP contribution in [-0.4, -0.2) is 23.4 Å². The molecule has 2 aromatic carbocycles. The van der Waals surface area contributed by atoms with Gasteiger partial charge in [-0.2, -0.15) is 0 Å². The Kier molecular flexibility index (Phi) is 5.20. The van der Waals surface area contributed by atoms with E-state index in [0.29, 0.717) is 23.5 Å². The highest BCUT2D eigenvalue weighted by atomic mass is 35.5. The van der Waals surface area contributed by atoms with E-state index in [1.54, 1.807) is 7.11 Å². The molecule has 0 radical (unpaired) electrons. The van der Waals surface area contributed by atoms with E-state index in [4.69, 9.17) is 21.1 Å². The Balaban J connectivity index is 1.25. The molecule has 0 spiro atoms. The third-order valence-electron chi connectivity index (χ3n) is 7.21. The molecule has 30 heavy (non-hydrogen) atoms. The maximum Gasteiger partial charge on any atom is 0.161 e. The predicted octanol–water partition coefficient (Wildman–Crippen LogP) is 5.10. The van der Waals surface area contributed by atoms with Gasteiger partial charge in [0.2, 0.25) is 0 Å². The van der Waals surface area contributed by atoms with E-state index < -0.39 is 5.60 Å². The second-order valence-corrected chi connectivity index (χ2v) is 10.2. The molecule has 4 nitrogen and oxygen atoms in total. The first kappa shape index (κ1) is 20.2. The number of aliphatic hydroxyl groups is 1. The molecule has 4 aliphatic rings. The normalized spacial score (nSPS) is 31.7. The van der Waals surface area contributed by atoms with Crippen molar-refractivity contribution in [3.63, 3.8) is 0 Å². The van der Waals surface area contributed by atoms with E-state index in [1.165, 1.54) is 24.8 Å². The fourth-order valence-corrected chi connectivity index (χ4v) is 6.65. The topological polar surface area (TPSA) is 50.7 Å². The fraction of sp³-hybridized carbons (Fsp3) is 0.520. The first-order valence-electron chi connectivity index (χ1n) is 11.0. The minimum absolute atomic E-state index is 0.0911.